The minimum atomic E-state index is 0.0781. The fourth-order valence-corrected chi connectivity index (χ4v) is 3.48. The molecule has 5 heteroatoms. The molecular weight excluding hydrogens is 300 g/mol. The van der Waals surface area contributed by atoms with Crippen molar-refractivity contribution in [1.82, 2.24) is 9.80 Å². The van der Waals surface area contributed by atoms with E-state index < -0.39 is 0 Å². The molecule has 1 amide bonds. The molecular formula is C17H25ClN2O2. The molecule has 0 saturated carbocycles. The number of hydrogen-bond donors (Lipinski definition) is 1. The number of halogens is 1. The SMILES string of the molecule is CCN1CC[C@H](N(C)C(=O)Cc2ccc(O)cc2Cl)[C@@H](C)C1. The van der Waals surface area contributed by atoms with Gasteiger partial charge in [0.05, 0.1) is 6.42 Å². The first-order valence-electron chi connectivity index (χ1n) is 7.87. The Bertz CT molecular complexity index is 535. The summed E-state index contributed by atoms with van der Waals surface area (Å²) in [6, 6.07) is 5.04. The zero-order valence-electron chi connectivity index (χ0n) is 13.6. The van der Waals surface area contributed by atoms with E-state index in [0.717, 1.165) is 31.6 Å². The highest BCUT2D eigenvalue weighted by Gasteiger charge is 2.30. The quantitative estimate of drug-likeness (QED) is 0.926. The molecule has 1 N–H and O–H groups in total. The Morgan fingerprint density at radius 2 is 2.23 bits per heavy atom. The van der Waals surface area contributed by atoms with Crippen molar-refractivity contribution in [3.8, 4) is 5.75 Å². The maximum absolute atomic E-state index is 12.5. The Morgan fingerprint density at radius 3 is 2.82 bits per heavy atom. The second-order valence-electron chi connectivity index (χ2n) is 6.18. The van der Waals surface area contributed by atoms with Crippen LogP contribution in [0.3, 0.4) is 0 Å². The number of likely N-dealkylation sites (N-methyl/N-ethyl adjacent to an activating group) is 1. The summed E-state index contributed by atoms with van der Waals surface area (Å²) >= 11 is 6.09. The predicted octanol–water partition coefficient (Wildman–Crippen LogP) is 2.78. The van der Waals surface area contributed by atoms with Crippen LogP contribution in [0.5, 0.6) is 5.75 Å². The number of aromatic hydroxyl groups is 1. The van der Waals surface area contributed by atoms with Gasteiger partial charge in [0.2, 0.25) is 5.91 Å². The van der Waals surface area contributed by atoms with Gasteiger partial charge < -0.3 is 14.9 Å². The van der Waals surface area contributed by atoms with Crippen molar-refractivity contribution in [2.75, 3.05) is 26.7 Å². The Balaban J connectivity index is 2.00. The normalized spacial score (nSPS) is 22.5. The number of carbonyl (C=O) groups excluding carboxylic acids is 1. The summed E-state index contributed by atoms with van der Waals surface area (Å²) in [7, 11) is 1.89. The molecule has 2 atom stereocenters. The Labute approximate surface area is 137 Å². The first kappa shape index (κ1) is 17.1. The summed E-state index contributed by atoms with van der Waals surface area (Å²) in [5, 5.41) is 9.82. The standard InChI is InChI=1S/C17H25ClN2O2/c1-4-20-8-7-16(12(2)11-20)19(3)17(22)9-13-5-6-14(21)10-15(13)18/h5-6,10,12,16,21H,4,7-9,11H2,1-3H3/t12-,16-/m0/s1. The summed E-state index contributed by atoms with van der Waals surface area (Å²) in [6.45, 7) is 7.54. The first-order valence-corrected chi connectivity index (χ1v) is 8.25. The number of amides is 1. The van der Waals surface area contributed by atoms with Crippen LogP contribution in [0.2, 0.25) is 5.02 Å². The highest BCUT2D eigenvalue weighted by molar-refractivity contribution is 6.31. The van der Waals surface area contributed by atoms with Crippen molar-refractivity contribution in [1.29, 1.82) is 0 Å². The molecule has 0 bridgehead atoms. The van der Waals surface area contributed by atoms with Gasteiger partial charge in [0.1, 0.15) is 5.75 Å². The second-order valence-corrected chi connectivity index (χ2v) is 6.59. The van der Waals surface area contributed by atoms with Crippen molar-refractivity contribution >= 4 is 17.5 Å². The Morgan fingerprint density at radius 1 is 1.50 bits per heavy atom. The van der Waals surface area contributed by atoms with Gasteiger partial charge in [-0.15, -0.1) is 0 Å². The molecule has 1 aliphatic heterocycles. The van der Waals surface area contributed by atoms with Gasteiger partial charge in [-0.3, -0.25) is 4.79 Å². The third kappa shape index (κ3) is 3.93. The average Bonchev–Trinajstić information content (AvgIpc) is 2.49. The van der Waals surface area contributed by atoms with Crippen molar-refractivity contribution < 1.29 is 9.90 Å². The average molecular weight is 325 g/mol. The van der Waals surface area contributed by atoms with Crippen LogP contribution in [0.1, 0.15) is 25.8 Å². The number of carbonyl (C=O) groups is 1. The lowest BCUT2D eigenvalue weighted by atomic mass is 9.92. The van der Waals surface area contributed by atoms with E-state index in [-0.39, 0.29) is 24.1 Å². The molecule has 1 aromatic rings. The van der Waals surface area contributed by atoms with Crippen LogP contribution >= 0.6 is 11.6 Å². The molecule has 0 aromatic heterocycles. The molecule has 2 rings (SSSR count). The van der Waals surface area contributed by atoms with Crippen molar-refractivity contribution in [2.24, 2.45) is 5.92 Å². The van der Waals surface area contributed by atoms with Crippen LogP contribution in [0.25, 0.3) is 0 Å². The molecule has 122 valence electrons. The van der Waals surface area contributed by atoms with E-state index in [0.29, 0.717) is 10.9 Å². The molecule has 0 aliphatic carbocycles. The van der Waals surface area contributed by atoms with E-state index >= 15 is 0 Å². The molecule has 1 fully saturated rings. The van der Waals surface area contributed by atoms with Gasteiger partial charge in [0, 0.05) is 31.2 Å². The van der Waals surface area contributed by atoms with Crippen molar-refractivity contribution in [3.05, 3.63) is 28.8 Å². The Kier molecular flexibility index (Phi) is 5.70. The molecule has 0 unspecified atom stereocenters. The van der Waals surface area contributed by atoms with Crippen LogP contribution in [0.15, 0.2) is 18.2 Å². The van der Waals surface area contributed by atoms with Crippen molar-refractivity contribution in [2.45, 2.75) is 32.7 Å². The smallest absolute Gasteiger partial charge is 0.227 e. The minimum absolute atomic E-state index is 0.0781. The van der Waals surface area contributed by atoms with Crippen LogP contribution in [-0.4, -0.2) is 53.5 Å². The highest BCUT2D eigenvalue weighted by atomic mass is 35.5. The van der Waals surface area contributed by atoms with E-state index in [2.05, 4.69) is 18.7 Å². The molecule has 4 nitrogen and oxygen atoms in total. The van der Waals surface area contributed by atoms with Gasteiger partial charge in [0.25, 0.3) is 0 Å². The molecule has 22 heavy (non-hydrogen) atoms. The lowest BCUT2D eigenvalue weighted by Gasteiger charge is -2.41. The first-order chi connectivity index (χ1) is 10.4. The maximum atomic E-state index is 12.5. The topological polar surface area (TPSA) is 43.8 Å². The summed E-state index contributed by atoms with van der Waals surface area (Å²) in [5.41, 5.74) is 0.759. The molecule has 1 heterocycles. The number of likely N-dealkylation sites (tertiary alicyclic amines) is 1. The molecule has 0 radical (unpaired) electrons. The highest BCUT2D eigenvalue weighted by Crippen LogP contribution is 2.25. The van der Waals surface area contributed by atoms with Crippen LogP contribution in [0.4, 0.5) is 0 Å². The summed E-state index contributed by atoms with van der Waals surface area (Å²) in [5.74, 6) is 0.669. The van der Waals surface area contributed by atoms with Crippen molar-refractivity contribution in [3.63, 3.8) is 0 Å². The fourth-order valence-electron chi connectivity index (χ4n) is 3.23. The third-order valence-electron chi connectivity index (χ3n) is 4.66. The summed E-state index contributed by atoms with van der Waals surface area (Å²) in [6.07, 6.45) is 1.29. The van der Waals surface area contributed by atoms with Gasteiger partial charge in [-0.05, 0) is 36.6 Å². The van der Waals surface area contributed by atoms with E-state index in [1.165, 1.54) is 6.07 Å². The predicted molar refractivity (Wildman–Crippen MR) is 89.3 cm³/mol. The van der Waals surface area contributed by atoms with Gasteiger partial charge in [-0.2, -0.15) is 0 Å². The monoisotopic (exact) mass is 324 g/mol. The second kappa shape index (κ2) is 7.34. The zero-order chi connectivity index (χ0) is 16.3. The number of phenols is 1. The zero-order valence-corrected chi connectivity index (χ0v) is 14.3. The maximum Gasteiger partial charge on any atom is 0.227 e. The van der Waals surface area contributed by atoms with Crippen LogP contribution in [-0.2, 0) is 11.2 Å². The minimum Gasteiger partial charge on any atom is -0.508 e. The molecule has 1 saturated heterocycles. The lowest BCUT2D eigenvalue weighted by molar-refractivity contribution is -0.133. The number of hydrogen-bond acceptors (Lipinski definition) is 3. The van der Waals surface area contributed by atoms with Gasteiger partial charge in [-0.25, -0.2) is 0 Å². The third-order valence-corrected chi connectivity index (χ3v) is 5.01. The fraction of sp³-hybridized carbons (Fsp3) is 0.588. The molecule has 1 aliphatic rings. The Hall–Kier alpha value is -1.26. The van der Waals surface area contributed by atoms with E-state index in [1.54, 1.807) is 12.1 Å². The van der Waals surface area contributed by atoms with Crippen LogP contribution < -0.4 is 0 Å². The summed E-state index contributed by atoms with van der Waals surface area (Å²) in [4.78, 5) is 16.8. The summed E-state index contributed by atoms with van der Waals surface area (Å²) < 4.78 is 0. The van der Waals surface area contributed by atoms with E-state index in [4.69, 9.17) is 11.6 Å². The number of rotatable bonds is 4. The van der Waals surface area contributed by atoms with Gasteiger partial charge >= 0.3 is 0 Å². The number of phenolic OH excluding ortho intramolecular Hbond substituents is 1. The molecule has 1 aromatic carbocycles. The van der Waals surface area contributed by atoms with Gasteiger partial charge in [0.15, 0.2) is 0 Å². The lowest BCUT2D eigenvalue weighted by Crippen LogP contribution is -2.50. The number of nitrogens with zero attached hydrogens (tertiary/aromatic N) is 2. The van der Waals surface area contributed by atoms with E-state index in [1.807, 2.05) is 11.9 Å². The molecule has 0 spiro atoms. The largest absolute Gasteiger partial charge is 0.508 e. The van der Waals surface area contributed by atoms with Crippen LogP contribution in [0, 0.1) is 5.92 Å². The van der Waals surface area contributed by atoms with E-state index in [9.17, 15) is 9.90 Å². The number of benzene rings is 1. The number of piperidine rings is 1. The van der Waals surface area contributed by atoms with Gasteiger partial charge in [-0.1, -0.05) is 31.5 Å².